The lowest BCUT2D eigenvalue weighted by Gasteiger charge is -2.39. The first-order valence-electron chi connectivity index (χ1n) is 15.3. The number of anilines is 1. The second-order valence-corrected chi connectivity index (χ2v) is 14.8. The molecule has 1 saturated heterocycles. The lowest BCUT2D eigenvalue weighted by Crippen LogP contribution is -2.47. The Bertz CT molecular complexity index is 1850. The Kier molecular flexibility index (Phi) is 9.05. The van der Waals surface area contributed by atoms with Crippen molar-refractivity contribution in [1.82, 2.24) is 14.8 Å². The van der Waals surface area contributed by atoms with E-state index in [1.54, 1.807) is 12.1 Å². The molecule has 6 rings (SSSR count). The number of rotatable bonds is 8. The predicted octanol–water partition coefficient (Wildman–Crippen LogP) is 7.04. The highest BCUT2D eigenvalue weighted by atomic mass is 35.5. The van der Waals surface area contributed by atoms with Crippen LogP contribution in [0.2, 0.25) is 5.02 Å². The van der Waals surface area contributed by atoms with Gasteiger partial charge in [0.15, 0.2) is 0 Å². The topological polar surface area (TPSA) is 95.8 Å². The summed E-state index contributed by atoms with van der Waals surface area (Å²) in [6.07, 6.45) is 3.31. The molecule has 46 heavy (non-hydrogen) atoms. The highest BCUT2D eigenvalue weighted by molar-refractivity contribution is 7.90. The molecule has 1 aliphatic heterocycles. The Morgan fingerprint density at radius 3 is 2.28 bits per heavy atom. The highest BCUT2D eigenvalue weighted by Gasteiger charge is 2.29. The molecular weight excluding hydrogens is 627 g/mol. The van der Waals surface area contributed by atoms with Gasteiger partial charge in [0.25, 0.3) is 10.0 Å². The number of piperazine rings is 1. The summed E-state index contributed by atoms with van der Waals surface area (Å²) in [6, 6.07) is 21.5. The summed E-state index contributed by atoms with van der Waals surface area (Å²) in [5.74, 6) is -1.63. The molecule has 2 heterocycles. The minimum Gasteiger partial charge on any atom is -0.369 e. The first-order valence-corrected chi connectivity index (χ1v) is 17.2. The zero-order valence-corrected chi connectivity index (χ0v) is 27.4. The number of allylic oxidation sites excluding steroid dienone is 1. The van der Waals surface area contributed by atoms with Crippen LogP contribution in [-0.4, -0.2) is 57.1 Å². The van der Waals surface area contributed by atoms with E-state index in [2.05, 4.69) is 40.9 Å². The number of hydrogen-bond acceptors (Lipinski definition) is 7. The van der Waals surface area contributed by atoms with Crippen LogP contribution in [0.5, 0.6) is 0 Å². The number of aromatic nitrogens is 1. The summed E-state index contributed by atoms with van der Waals surface area (Å²) in [6.45, 7) is 9.05. The zero-order valence-electron chi connectivity index (χ0n) is 25.8. The molecule has 0 spiro atoms. The van der Waals surface area contributed by atoms with Gasteiger partial charge in [-0.15, -0.1) is 0 Å². The summed E-state index contributed by atoms with van der Waals surface area (Å²) in [7, 11) is -4.16. The van der Waals surface area contributed by atoms with Crippen LogP contribution < -0.4 is 9.62 Å². The van der Waals surface area contributed by atoms with Crippen molar-refractivity contribution in [1.29, 1.82) is 0 Å². The second kappa shape index (κ2) is 13.0. The van der Waals surface area contributed by atoms with E-state index in [1.165, 1.54) is 65.6 Å². The average Bonchev–Trinajstić information content (AvgIpc) is 3.54. The number of carbonyl (C=O) groups excluding carboxylic acids is 1. The molecule has 1 aliphatic carbocycles. The fourth-order valence-electron chi connectivity index (χ4n) is 6.10. The van der Waals surface area contributed by atoms with Gasteiger partial charge in [0, 0.05) is 55.1 Å². The minimum absolute atomic E-state index is 0.0385. The number of hydrogen-bond donors (Lipinski definition) is 1. The predicted molar refractivity (Wildman–Crippen MR) is 178 cm³/mol. The Labute approximate surface area is 273 Å². The SMILES string of the molecule is CC1(C)CCC(CN2CCN(c3ccc(S(=O)(=O)NC(=O)c4cc(-c5ccc(F)cc5)no4)cc3)CC2)=C(c2ccc(Cl)cc2)C1. The molecule has 1 aromatic heterocycles. The maximum atomic E-state index is 13.2. The molecule has 0 radical (unpaired) electrons. The standard InChI is InChI=1S/C35H36ClFN4O4S/c1-35(2)16-15-26(31(22-35)24-3-7-27(36)8-4-24)23-40-17-19-41(20-18-40)29-11-13-30(14-12-29)46(43,44)39-34(42)33-21-32(38-45-33)25-5-9-28(37)10-6-25/h3-14,21H,15-20,22-23H2,1-2H3,(H,39,42). The molecule has 1 N–H and O–H groups in total. The van der Waals surface area contributed by atoms with E-state index < -0.39 is 21.7 Å². The molecule has 0 atom stereocenters. The first-order chi connectivity index (χ1) is 22.0. The maximum absolute atomic E-state index is 13.2. The molecule has 1 amide bonds. The lowest BCUT2D eigenvalue weighted by atomic mass is 9.72. The van der Waals surface area contributed by atoms with Crippen molar-refractivity contribution < 1.29 is 22.1 Å². The summed E-state index contributed by atoms with van der Waals surface area (Å²) >= 11 is 6.17. The second-order valence-electron chi connectivity index (χ2n) is 12.7. The Morgan fingerprint density at radius 2 is 1.61 bits per heavy atom. The molecule has 0 bridgehead atoms. The van der Waals surface area contributed by atoms with Crippen molar-refractivity contribution in [2.75, 3.05) is 37.6 Å². The van der Waals surface area contributed by atoms with Crippen LogP contribution in [0.4, 0.5) is 10.1 Å². The summed E-state index contributed by atoms with van der Waals surface area (Å²) in [5.41, 5.74) is 6.20. The third kappa shape index (κ3) is 7.35. The third-order valence-corrected chi connectivity index (χ3v) is 10.4. The molecule has 240 valence electrons. The summed E-state index contributed by atoms with van der Waals surface area (Å²) < 4.78 is 46.2. The van der Waals surface area contributed by atoms with Crippen LogP contribution in [-0.2, 0) is 10.0 Å². The van der Waals surface area contributed by atoms with Crippen molar-refractivity contribution in [3.05, 3.63) is 107 Å². The first kappa shape index (κ1) is 32.0. The fourth-order valence-corrected chi connectivity index (χ4v) is 7.19. The van der Waals surface area contributed by atoms with Gasteiger partial charge in [-0.3, -0.25) is 9.69 Å². The van der Waals surface area contributed by atoms with E-state index in [9.17, 15) is 17.6 Å². The van der Waals surface area contributed by atoms with E-state index in [4.69, 9.17) is 16.1 Å². The quantitative estimate of drug-likeness (QED) is 0.216. The van der Waals surface area contributed by atoms with Crippen LogP contribution in [0, 0.1) is 11.2 Å². The van der Waals surface area contributed by atoms with Gasteiger partial charge in [0.1, 0.15) is 11.5 Å². The molecule has 1 fully saturated rings. The van der Waals surface area contributed by atoms with Crippen LogP contribution >= 0.6 is 11.6 Å². The van der Waals surface area contributed by atoms with Gasteiger partial charge in [-0.2, -0.15) is 0 Å². The van der Waals surface area contributed by atoms with Crippen molar-refractivity contribution in [2.24, 2.45) is 5.41 Å². The number of carbonyl (C=O) groups is 1. The third-order valence-electron chi connectivity index (χ3n) is 8.78. The van der Waals surface area contributed by atoms with E-state index in [1.807, 2.05) is 16.9 Å². The van der Waals surface area contributed by atoms with Gasteiger partial charge in [-0.05, 0) is 96.5 Å². The van der Waals surface area contributed by atoms with Gasteiger partial charge < -0.3 is 9.42 Å². The summed E-state index contributed by atoms with van der Waals surface area (Å²) in [5, 5.41) is 4.55. The number of halogens is 2. The van der Waals surface area contributed by atoms with E-state index in [0.717, 1.165) is 56.3 Å². The lowest BCUT2D eigenvalue weighted by molar-refractivity contribution is 0.0945. The highest BCUT2D eigenvalue weighted by Crippen LogP contribution is 2.43. The smallest absolute Gasteiger partial charge is 0.303 e. The van der Waals surface area contributed by atoms with Crippen molar-refractivity contribution in [2.45, 2.75) is 38.0 Å². The van der Waals surface area contributed by atoms with Crippen LogP contribution in [0.25, 0.3) is 16.8 Å². The monoisotopic (exact) mass is 662 g/mol. The van der Waals surface area contributed by atoms with Gasteiger partial charge in [-0.25, -0.2) is 17.5 Å². The minimum atomic E-state index is -4.16. The largest absolute Gasteiger partial charge is 0.369 e. The molecule has 4 aromatic rings. The molecule has 3 aromatic carbocycles. The average molecular weight is 663 g/mol. The molecule has 11 heteroatoms. The normalized spacial score (nSPS) is 17.3. The number of benzene rings is 3. The van der Waals surface area contributed by atoms with Crippen molar-refractivity contribution in [3.63, 3.8) is 0 Å². The summed E-state index contributed by atoms with van der Waals surface area (Å²) in [4.78, 5) is 17.4. The van der Waals surface area contributed by atoms with Gasteiger partial charge in [0.2, 0.25) is 5.76 Å². The Balaban J connectivity index is 1.06. The Hall–Kier alpha value is -3.99. The zero-order chi connectivity index (χ0) is 32.5. The number of nitrogens with zero attached hydrogens (tertiary/aromatic N) is 3. The van der Waals surface area contributed by atoms with Gasteiger partial charge >= 0.3 is 5.91 Å². The maximum Gasteiger partial charge on any atom is 0.303 e. The van der Waals surface area contributed by atoms with Gasteiger partial charge in [-0.1, -0.05) is 48.3 Å². The van der Waals surface area contributed by atoms with E-state index in [0.29, 0.717) is 5.56 Å². The van der Waals surface area contributed by atoms with E-state index >= 15 is 0 Å². The van der Waals surface area contributed by atoms with Crippen LogP contribution in [0.3, 0.4) is 0 Å². The molecule has 8 nitrogen and oxygen atoms in total. The van der Waals surface area contributed by atoms with E-state index in [-0.39, 0.29) is 21.8 Å². The number of nitrogens with one attached hydrogen (secondary N) is 1. The molecule has 2 aliphatic rings. The number of amides is 1. The van der Waals surface area contributed by atoms with Crippen LogP contribution in [0.1, 0.15) is 49.2 Å². The Morgan fingerprint density at radius 1 is 0.957 bits per heavy atom. The fraction of sp³-hybridized carbons (Fsp3) is 0.314. The van der Waals surface area contributed by atoms with Gasteiger partial charge in [0.05, 0.1) is 4.90 Å². The van der Waals surface area contributed by atoms with Crippen molar-refractivity contribution in [3.8, 4) is 11.3 Å². The molecular formula is C35H36ClFN4O4S. The molecule has 0 saturated carbocycles. The molecule has 0 unspecified atom stereocenters. The van der Waals surface area contributed by atoms with Crippen LogP contribution in [0.15, 0.2) is 93.9 Å². The van der Waals surface area contributed by atoms with Crippen molar-refractivity contribution >= 4 is 38.8 Å². The number of sulfonamides is 1.